The predicted octanol–water partition coefficient (Wildman–Crippen LogP) is 2.87. The Bertz CT molecular complexity index is 1000. The highest BCUT2D eigenvalue weighted by molar-refractivity contribution is 7.18. The van der Waals surface area contributed by atoms with Crippen LogP contribution in [0.3, 0.4) is 0 Å². The van der Waals surface area contributed by atoms with Crippen LogP contribution in [0.25, 0.3) is 10.6 Å². The molecule has 0 spiro atoms. The van der Waals surface area contributed by atoms with Gasteiger partial charge in [0.1, 0.15) is 11.0 Å². The zero-order valence-corrected chi connectivity index (χ0v) is 15.5. The fourth-order valence-electron chi connectivity index (χ4n) is 2.26. The molecule has 0 aliphatic rings. The molecule has 0 aliphatic carbocycles. The molecule has 3 aromatic rings. The van der Waals surface area contributed by atoms with E-state index in [0.29, 0.717) is 16.1 Å². The summed E-state index contributed by atoms with van der Waals surface area (Å²) < 4.78 is 0. The normalized spacial score (nSPS) is 11.5. The van der Waals surface area contributed by atoms with Gasteiger partial charge in [-0.05, 0) is 31.2 Å². The topological polar surface area (TPSA) is 127 Å². The number of nitrogens with one attached hydrogen (secondary N) is 2. The van der Waals surface area contributed by atoms with Gasteiger partial charge in [0, 0.05) is 23.3 Å². The Hall–Kier alpha value is -3.66. The van der Waals surface area contributed by atoms with Gasteiger partial charge in [-0.15, -0.1) is 10.2 Å². The molecule has 2 amide bonds. The molecule has 0 unspecified atom stereocenters. The molecule has 1 atom stereocenters. The number of anilines is 1. The van der Waals surface area contributed by atoms with Crippen molar-refractivity contribution in [3.8, 4) is 10.6 Å². The van der Waals surface area contributed by atoms with Crippen LogP contribution in [0, 0.1) is 10.1 Å². The fraction of sp³-hybridized carbons (Fsp3) is 0.111. The number of benzene rings is 2. The van der Waals surface area contributed by atoms with Gasteiger partial charge in [-0.25, -0.2) is 0 Å². The standard InChI is InChI=1S/C18H15N5O4S/c1-11(19-16(25)12-5-3-2-4-6-12)15(24)20-18-22-21-17(28-18)13-7-9-14(10-8-13)23(26)27/h2-11H,1H3,(H,19,25)(H,20,22,24)/t11-/m1/s1. The maximum Gasteiger partial charge on any atom is 0.269 e. The first-order chi connectivity index (χ1) is 13.4. The lowest BCUT2D eigenvalue weighted by Gasteiger charge is -2.12. The zero-order chi connectivity index (χ0) is 20.1. The molecule has 2 N–H and O–H groups in total. The Morgan fingerprint density at radius 3 is 2.39 bits per heavy atom. The molecule has 2 aromatic carbocycles. The van der Waals surface area contributed by atoms with Crippen LogP contribution in [0.1, 0.15) is 17.3 Å². The van der Waals surface area contributed by atoms with Crippen molar-refractivity contribution in [2.75, 3.05) is 5.32 Å². The average Bonchev–Trinajstić information content (AvgIpc) is 3.17. The van der Waals surface area contributed by atoms with Gasteiger partial charge in [-0.3, -0.25) is 25.0 Å². The Kier molecular flexibility index (Phi) is 5.70. The number of amides is 2. The number of hydrogen-bond donors (Lipinski definition) is 2. The summed E-state index contributed by atoms with van der Waals surface area (Å²) in [6.07, 6.45) is 0. The van der Waals surface area contributed by atoms with Crippen molar-refractivity contribution in [1.82, 2.24) is 15.5 Å². The van der Waals surface area contributed by atoms with Gasteiger partial charge < -0.3 is 5.32 Å². The van der Waals surface area contributed by atoms with Crippen molar-refractivity contribution >= 4 is 34.0 Å². The summed E-state index contributed by atoms with van der Waals surface area (Å²) in [6, 6.07) is 13.7. The van der Waals surface area contributed by atoms with Crippen molar-refractivity contribution in [3.63, 3.8) is 0 Å². The third kappa shape index (κ3) is 4.54. The SMILES string of the molecule is C[C@@H](NC(=O)c1ccccc1)C(=O)Nc1nnc(-c2ccc([N+](=O)[O-])cc2)s1. The van der Waals surface area contributed by atoms with Crippen LogP contribution in [0.2, 0.25) is 0 Å². The number of nitrogens with zero attached hydrogens (tertiary/aromatic N) is 3. The number of carbonyl (C=O) groups excluding carboxylic acids is 2. The van der Waals surface area contributed by atoms with Crippen molar-refractivity contribution in [2.24, 2.45) is 0 Å². The molecule has 28 heavy (non-hydrogen) atoms. The second kappa shape index (κ2) is 8.35. The highest BCUT2D eigenvalue weighted by Crippen LogP contribution is 2.27. The predicted molar refractivity (Wildman–Crippen MR) is 104 cm³/mol. The summed E-state index contributed by atoms with van der Waals surface area (Å²) in [5, 5.41) is 24.6. The molecule has 3 rings (SSSR count). The van der Waals surface area contributed by atoms with E-state index >= 15 is 0 Å². The minimum absolute atomic E-state index is 0.0234. The maximum absolute atomic E-state index is 12.3. The number of rotatable bonds is 6. The van der Waals surface area contributed by atoms with E-state index in [1.807, 2.05) is 0 Å². The largest absolute Gasteiger partial charge is 0.341 e. The second-order valence-electron chi connectivity index (χ2n) is 5.77. The second-order valence-corrected chi connectivity index (χ2v) is 6.74. The van der Waals surface area contributed by atoms with Crippen LogP contribution in [0.15, 0.2) is 54.6 Å². The first-order valence-corrected chi connectivity index (χ1v) is 9.01. The van der Waals surface area contributed by atoms with Crippen LogP contribution in [-0.2, 0) is 4.79 Å². The summed E-state index contributed by atoms with van der Waals surface area (Å²) in [4.78, 5) is 34.6. The van der Waals surface area contributed by atoms with Crippen LogP contribution in [0.5, 0.6) is 0 Å². The molecule has 142 valence electrons. The molecular weight excluding hydrogens is 382 g/mol. The third-order valence-corrected chi connectivity index (χ3v) is 4.64. The van der Waals surface area contributed by atoms with Gasteiger partial charge in [-0.2, -0.15) is 0 Å². The Balaban J connectivity index is 1.61. The summed E-state index contributed by atoms with van der Waals surface area (Å²) in [6.45, 7) is 1.56. The number of nitro groups is 1. The number of non-ortho nitro benzene ring substituents is 1. The van der Waals surface area contributed by atoms with Gasteiger partial charge in [0.05, 0.1) is 4.92 Å². The van der Waals surface area contributed by atoms with Gasteiger partial charge in [0.15, 0.2) is 0 Å². The first kappa shape index (κ1) is 19.1. The smallest absolute Gasteiger partial charge is 0.269 e. The molecule has 0 saturated carbocycles. The van der Waals surface area contributed by atoms with Gasteiger partial charge >= 0.3 is 0 Å². The lowest BCUT2D eigenvalue weighted by atomic mass is 10.2. The Morgan fingerprint density at radius 2 is 1.75 bits per heavy atom. The summed E-state index contributed by atoms with van der Waals surface area (Å²) in [5.74, 6) is -0.789. The monoisotopic (exact) mass is 397 g/mol. The van der Waals surface area contributed by atoms with Crippen LogP contribution >= 0.6 is 11.3 Å². The lowest BCUT2D eigenvalue weighted by molar-refractivity contribution is -0.384. The minimum atomic E-state index is -0.778. The van der Waals surface area contributed by atoms with E-state index in [2.05, 4.69) is 20.8 Å². The quantitative estimate of drug-likeness (QED) is 0.486. The number of hydrogen-bond acceptors (Lipinski definition) is 7. The summed E-state index contributed by atoms with van der Waals surface area (Å²) >= 11 is 1.12. The van der Waals surface area contributed by atoms with Gasteiger partial charge in [0.2, 0.25) is 11.0 Å². The average molecular weight is 397 g/mol. The highest BCUT2D eigenvalue weighted by atomic mass is 32.1. The van der Waals surface area contributed by atoms with Crippen molar-refractivity contribution in [2.45, 2.75) is 13.0 Å². The molecule has 1 aromatic heterocycles. The number of aromatic nitrogens is 2. The van der Waals surface area contributed by atoms with E-state index in [1.165, 1.54) is 12.1 Å². The Morgan fingerprint density at radius 1 is 1.07 bits per heavy atom. The molecule has 0 saturated heterocycles. The molecule has 0 aliphatic heterocycles. The molecule has 10 heteroatoms. The van der Waals surface area contributed by atoms with Gasteiger partial charge in [-0.1, -0.05) is 29.5 Å². The van der Waals surface area contributed by atoms with Crippen LogP contribution in [0.4, 0.5) is 10.8 Å². The van der Waals surface area contributed by atoms with E-state index < -0.39 is 16.9 Å². The van der Waals surface area contributed by atoms with Crippen molar-refractivity contribution in [1.29, 1.82) is 0 Å². The van der Waals surface area contributed by atoms with Gasteiger partial charge in [0.25, 0.3) is 11.6 Å². The molecule has 0 radical (unpaired) electrons. The molecule has 1 heterocycles. The first-order valence-electron chi connectivity index (χ1n) is 8.19. The number of nitro benzene ring substituents is 1. The maximum atomic E-state index is 12.3. The van der Waals surface area contributed by atoms with Crippen LogP contribution in [-0.4, -0.2) is 33.0 Å². The summed E-state index contributed by atoms with van der Waals surface area (Å²) in [7, 11) is 0. The minimum Gasteiger partial charge on any atom is -0.341 e. The molecule has 0 fully saturated rings. The van der Waals surface area contributed by atoms with E-state index in [-0.39, 0.29) is 16.7 Å². The van der Waals surface area contributed by atoms with E-state index in [1.54, 1.807) is 49.4 Å². The molecule has 0 bridgehead atoms. The third-order valence-electron chi connectivity index (χ3n) is 3.76. The van der Waals surface area contributed by atoms with E-state index in [0.717, 1.165) is 11.3 Å². The van der Waals surface area contributed by atoms with E-state index in [4.69, 9.17) is 0 Å². The van der Waals surface area contributed by atoms with Crippen molar-refractivity contribution in [3.05, 3.63) is 70.3 Å². The molecular formula is C18H15N5O4S. The summed E-state index contributed by atoms with van der Waals surface area (Å²) in [5.41, 5.74) is 1.08. The zero-order valence-electron chi connectivity index (χ0n) is 14.7. The lowest BCUT2D eigenvalue weighted by Crippen LogP contribution is -2.41. The van der Waals surface area contributed by atoms with Crippen LogP contribution < -0.4 is 10.6 Å². The fourth-order valence-corrected chi connectivity index (χ4v) is 3.02. The molecule has 9 nitrogen and oxygen atoms in total. The highest BCUT2D eigenvalue weighted by Gasteiger charge is 2.18. The number of carbonyl (C=O) groups is 2. The Labute approximate surface area is 163 Å². The van der Waals surface area contributed by atoms with E-state index in [9.17, 15) is 19.7 Å². The van der Waals surface area contributed by atoms with Crippen molar-refractivity contribution < 1.29 is 14.5 Å².